The van der Waals surface area contributed by atoms with Gasteiger partial charge in [0.05, 0.1) is 0 Å². The van der Waals surface area contributed by atoms with Crippen molar-refractivity contribution in [3.8, 4) is 11.1 Å². The maximum Gasteiger partial charge on any atom is 0.332 e. The SMILES string of the molecule is O=C(O)C1=C(C(=O)NCc2ccc(-c3ccccc3)cc2)CCC1. The highest BCUT2D eigenvalue weighted by Crippen LogP contribution is 2.26. The lowest BCUT2D eigenvalue weighted by molar-refractivity contribution is -0.133. The fourth-order valence-corrected chi connectivity index (χ4v) is 2.96. The third-order valence-electron chi connectivity index (χ3n) is 4.26. The molecular weight excluding hydrogens is 302 g/mol. The quantitative estimate of drug-likeness (QED) is 0.885. The summed E-state index contributed by atoms with van der Waals surface area (Å²) < 4.78 is 0. The molecule has 1 aliphatic rings. The van der Waals surface area contributed by atoms with Gasteiger partial charge in [-0.1, -0.05) is 54.6 Å². The van der Waals surface area contributed by atoms with E-state index in [4.69, 9.17) is 5.11 Å². The van der Waals surface area contributed by atoms with E-state index in [9.17, 15) is 9.59 Å². The molecule has 0 heterocycles. The fraction of sp³-hybridized carbons (Fsp3) is 0.200. The highest BCUT2D eigenvalue weighted by molar-refractivity contribution is 6.02. The van der Waals surface area contributed by atoms with Crippen molar-refractivity contribution in [2.75, 3.05) is 0 Å². The average molecular weight is 321 g/mol. The molecule has 2 aromatic carbocycles. The van der Waals surface area contributed by atoms with Crippen LogP contribution in [0.1, 0.15) is 24.8 Å². The minimum absolute atomic E-state index is 0.256. The van der Waals surface area contributed by atoms with E-state index in [1.807, 2.05) is 42.5 Å². The number of carbonyl (C=O) groups excluding carboxylic acids is 1. The highest BCUT2D eigenvalue weighted by Gasteiger charge is 2.24. The van der Waals surface area contributed by atoms with Crippen LogP contribution in [-0.4, -0.2) is 17.0 Å². The average Bonchev–Trinajstić information content (AvgIpc) is 3.11. The van der Waals surface area contributed by atoms with Crippen molar-refractivity contribution in [3.05, 3.63) is 71.3 Å². The van der Waals surface area contributed by atoms with E-state index in [0.717, 1.165) is 23.1 Å². The van der Waals surface area contributed by atoms with Crippen molar-refractivity contribution >= 4 is 11.9 Å². The molecule has 4 nitrogen and oxygen atoms in total. The molecule has 0 aliphatic heterocycles. The summed E-state index contributed by atoms with van der Waals surface area (Å²) in [6, 6.07) is 18.1. The minimum Gasteiger partial charge on any atom is -0.478 e. The van der Waals surface area contributed by atoms with Crippen LogP contribution in [0.4, 0.5) is 0 Å². The molecule has 0 saturated heterocycles. The number of carboxylic acids is 1. The van der Waals surface area contributed by atoms with Crippen LogP contribution in [-0.2, 0) is 16.1 Å². The first-order valence-corrected chi connectivity index (χ1v) is 8.03. The molecule has 0 bridgehead atoms. The maximum atomic E-state index is 12.2. The summed E-state index contributed by atoms with van der Waals surface area (Å²) in [5.74, 6) is -1.25. The lowest BCUT2D eigenvalue weighted by Crippen LogP contribution is -2.25. The summed E-state index contributed by atoms with van der Waals surface area (Å²) in [5.41, 5.74) is 3.93. The number of aliphatic carboxylic acids is 1. The van der Waals surface area contributed by atoms with Gasteiger partial charge in [0.2, 0.25) is 5.91 Å². The van der Waals surface area contributed by atoms with Gasteiger partial charge in [0.15, 0.2) is 0 Å². The van der Waals surface area contributed by atoms with Gasteiger partial charge in [0.25, 0.3) is 0 Å². The van der Waals surface area contributed by atoms with Gasteiger partial charge < -0.3 is 10.4 Å². The Balaban J connectivity index is 1.64. The second-order valence-electron chi connectivity index (χ2n) is 5.86. The van der Waals surface area contributed by atoms with Crippen LogP contribution in [0, 0.1) is 0 Å². The topological polar surface area (TPSA) is 66.4 Å². The number of hydrogen-bond acceptors (Lipinski definition) is 2. The number of carboxylic acid groups (broad SMARTS) is 1. The minimum atomic E-state index is -0.982. The fourth-order valence-electron chi connectivity index (χ4n) is 2.96. The summed E-state index contributed by atoms with van der Waals surface area (Å²) in [6.07, 6.45) is 1.75. The maximum absolute atomic E-state index is 12.2. The molecule has 0 spiro atoms. The Morgan fingerprint density at radius 3 is 2.17 bits per heavy atom. The van der Waals surface area contributed by atoms with Crippen molar-refractivity contribution in [2.45, 2.75) is 25.8 Å². The lowest BCUT2D eigenvalue weighted by Gasteiger charge is -2.08. The van der Waals surface area contributed by atoms with E-state index < -0.39 is 5.97 Å². The summed E-state index contributed by atoms with van der Waals surface area (Å²) in [7, 11) is 0. The molecule has 0 radical (unpaired) electrons. The largest absolute Gasteiger partial charge is 0.478 e. The molecule has 0 aromatic heterocycles. The van der Waals surface area contributed by atoms with Gasteiger partial charge in [-0.3, -0.25) is 4.79 Å². The monoisotopic (exact) mass is 321 g/mol. The van der Waals surface area contributed by atoms with E-state index in [-0.39, 0.29) is 11.5 Å². The predicted molar refractivity (Wildman–Crippen MR) is 92.2 cm³/mol. The third-order valence-corrected chi connectivity index (χ3v) is 4.26. The molecule has 122 valence electrons. The van der Waals surface area contributed by atoms with Crippen LogP contribution in [0.25, 0.3) is 11.1 Å². The summed E-state index contributed by atoms with van der Waals surface area (Å²) in [6.45, 7) is 0.393. The normalized spacial score (nSPS) is 13.8. The number of benzene rings is 2. The van der Waals surface area contributed by atoms with Gasteiger partial charge in [-0.25, -0.2) is 4.79 Å². The summed E-state index contributed by atoms with van der Waals surface area (Å²) in [4.78, 5) is 23.3. The van der Waals surface area contributed by atoms with Crippen LogP contribution in [0.2, 0.25) is 0 Å². The Morgan fingerprint density at radius 1 is 0.875 bits per heavy atom. The molecule has 1 amide bonds. The van der Waals surface area contributed by atoms with Crippen molar-refractivity contribution in [3.63, 3.8) is 0 Å². The highest BCUT2D eigenvalue weighted by atomic mass is 16.4. The van der Waals surface area contributed by atoms with E-state index in [0.29, 0.717) is 25.0 Å². The number of rotatable bonds is 5. The molecule has 0 atom stereocenters. The smallest absolute Gasteiger partial charge is 0.332 e. The Kier molecular flexibility index (Phi) is 4.75. The second kappa shape index (κ2) is 7.13. The second-order valence-corrected chi connectivity index (χ2v) is 5.86. The van der Waals surface area contributed by atoms with Gasteiger partial charge >= 0.3 is 5.97 Å². The Hall–Kier alpha value is -2.88. The van der Waals surface area contributed by atoms with E-state index in [1.165, 1.54) is 0 Å². The van der Waals surface area contributed by atoms with Crippen LogP contribution in [0.5, 0.6) is 0 Å². The molecule has 1 aliphatic carbocycles. The molecule has 0 unspecified atom stereocenters. The first-order valence-electron chi connectivity index (χ1n) is 8.03. The van der Waals surface area contributed by atoms with Crippen molar-refractivity contribution in [1.29, 1.82) is 0 Å². The van der Waals surface area contributed by atoms with Crippen molar-refractivity contribution in [1.82, 2.24) is 5.32 Å². The standard InChI is InChI=1S/C20H19NO3/c22-19(17-7-4-8-18(17)20(23)24)21-13-14-9-11-16(12-10-14)15-5-2-1-3-6-15/h1-3,5-6,9-12H,4,7-8,13H2,(H,21,22)(H,23,24). The van der Waals surface area contributed by atoms with Gasteiger partial charge in [0.1, 0.15) is 0 Å². The first-order chi connectivity index (χ1) is 11.6. The molecule has 2 N–H and O–H groups in total. The molecular formula is C20H19NO3. The number of nitrogens with one attached hydrogen (secondary N) is 1. The van der Waals surface area contributed by atoms with Gasteiger partial charge in [-0.15, -0.1) is 0 Å². The van der Waals surface area contributed by atoms with Gasteiger partial charge in [-0.2, -0.15) is 0 Å². The van der Waals surface area contributed by atoms with Gasteiger partial charge in [-0.05, 0) is 36.0 Å². The van der Waals surface area contributed by atoms with Crippen LogP contribution < -0.4 is 5.32 Å². The summed E-state index contributed by atoms with van der Waals surface area (Å²) >= 11 is 0. The molecule has 24 heavy (non-hydrogen) atoms. The van der Waals surface area contributed by atoms with Crippen LogP contribution in [0.3, 0.4) is 0 Å². The predicted octanol–water partition coefficient (Wildman–Crippen LogP) is 3.53. The number of carbonyl (C=O) groups is 2. The molecule has 4 heteroatoms. The first kappa shape index (κ1) is 16.0. The Morgan fingerprint density at radius 2 is 1.50 bits per heavy atom. The zero-order chi connectivity index (χ0) is 16.9. The van der Waals surface area contributed by atoms with Gasteiger partial charge in [0, 0.05) is 17.7 Å². The number of amides is 1. The Labute approximate surface area is 140 Å². The lowest BCUT2D eigenvalue weighted by atomic mass is 10.0. The molecule has 3 rings (SSSR count). The van der Waals surface area contributed by atoms with E-state index in [2.05, 4.69) is 17.4 Å². The third kappa shape index (κ3) is 3.54. The zero-order valence-electron chi connectivity index (χ0n) is 13.3. The van der Waals surface area contributed by atoms with Crippen molar-refractivity contribution in [2.24, 2.45) is 0 Å². The van der Waals surface area contributed by atoms with Crippen molar-refractivity contribution < 1.29 is 14.7 Å². The molecule has 0 saturated carbocycles. The Bertz CT molecular complexity index is 776. The molecule has 0 fully saturated rings. The molecule has 2 aromatic rings. The zero-order valence-corrected chi connectivity index (χ0v) is 13.3. The number of hydrogen-bond donors (Lipinski definition) is 2. The van der Waals surface area contributed by atoms with Crippen LogP contribution >= 0.6 is 0 Å². The van der Waals surface area contributed by atoms with Crippen LogP contribution in [0.15, 0.2) is 65.7 Å². The van der Waals surface area contributed by atoms with E-state index in [1.54, 1.807) is 0 Å². The summed E-state index contributed by atoms with van der Waals surface area (Å²) in [5, 5.41) is 11.9. The van der Waals surface area contributed by atoms with E-state index >= 15 is 0 Å².